The van der Waals surface area contributed by atoms with Gasteiger partial charge in [-0.1, -0.05) is 6.07 Å². The molecule has 0 aliphatic heterocycles. The lowest BCUT2D eigenvalue weighted by atomic mass is 9.83. The predicted octanol–water partition coefficient (Wildman–Crippen LogP) is 1.44. The largest absolute Gasteiger partial charge is 0.507 e. The van der Waals surface area contributed by atoms with Crippen LogP contribution in [0.1, 0.15) is 24.2 Å². The van der Waals surface area contributed by atoms with Gasteiger partial charge in [0.1, 0.15) is 28.4 Å². The molecule has 0 spiro atoms. The third kappa shape index (κ3) is 1.84. The van der Waals surface area contributed by atoms with Crippen molar-refractivity contribution in [1.29, 1.82) is 0 Å². The Bertz CT molecular complexity index is 845. The molecule has 0 radical (unpaired) electrons. The summed E-state index contributed by atoms with van der Waals surface area (Å²) in [5.41, 5.74) is -0.213. The lowest BCUT2D eigenvalue weighted by molar-refractivity contribution is -0.141. The Kier molecular flexibility index (Phi) is 2.84. The zero-order chi connectivity index (χ0) is 15.3. The number of fused-ring (bicyclic) bond motifs is 2. The van der Waals surface area contributed by atoms with Gasteiger partial charge in [0.2, 0.25) is 5.43 Å². The fourth-order valence-electron chi connectivity index (χ4n) is 2.63. The molecule has 1 aromatic heterocycles. The average molecular weight is 288 g/mol. The second kappa shape index (κ2) is 4.46. The Morgan fingerprint density at radius 2 is 2.05 bits per heavy atom. The average Bonchev–Trinajstić information content (AvgIpc) is 2.40. The van der Waals surface area contributed by atoms with Crippen LogP contribution in [0.15, 0.2) is 33.0 Å². The molecule has 0 unspecified atom stereocenters. The molecule has 0 fully saturated rings. The van der Waals surface area contributed by atoms with Crippen LogP contribution in [0.5, 0.6) is 5.75 Å². The summed E-state index contributed by atoms with van der Waals surface area (Å²) in [6.07, 6.45) is 0.144. The molecular formula is C15H12O6. The van der Waals surface area contributed by atoms with Gasteiger partial charge in [0.05, 0.1) is 11.7 Å². The maximum atomic E-state index is 12.5. The summed E-state index contributed by atoms with van der Waals surface area (Å²) < 4.78 is 5.53. The summed E-state index contributed by atoms with van der Waals surface area (Å²) in [5, 5.41) is 29.1. The number of aliphatic carboxylic acids is 1. The number of hydrogen-bond acceptors (Lipinski definition) is 5. The van der Waals surface area contributed by atoms with Gasteiger partial charge in [0.25, 0.3) is 0 Å². The van der Waals surface area contributed by atoms with Crippen LogP contribution in [-0.4, -0.2) is 27.4 Å². The summed E-state index contributed by atoms with van der Waals surface area (Å²) in [7, 11) is 0. The van der Waals surface area contributed by atoms with Gasteiger partial charge < -0.3 is 19.7 Å². The molecule has 1 aliphatic carbocycles. The molecule has 0 saturated carbocycles. The van der Waals surface area contributed by atoms with E-state index in [0.29, 0.717) is 5.57 Å². The minimum Gasteiger partial charge on any atom is -0.507 e. The first-order valence-corrected chi connectivity index (χ1v) is 6.29. The fraction of sp³-hybridized carbons (Fsp3) is 0.200. The highest BCUT2D eigenvalue weighted by atomic mass is 16.4. The summed E-state index contributed by atoms with van der Waals surface area (Å²) >= 11 is 0. The third-order valence-corrected chi connectivity index (χ3v) is 3.68. The number of aliphatic hydroxyl groups excluding tert-OH is 1. The quantitative estimate of drug-likeness (QED) is 0.733. The molecule has 1 aliphatic rings. The van der Waals surface area contributed by atoms with Crippen LogP contribution >= 0.6 is 0 Å². The molecule has 0 bridgehead atoms. The Hall–Kier alpha value is -2.60. The van der Waals surface area contributed by atoms with Crippen molar-refractivity contribution in [2.75, 3.05) is 0 Å². The van der Waals surface area contributed by atoms with E-state index in [4.69, 9.17) is 4.42 Å². The maximum absolute atomic E-state index is 12.5. The van der Waals surface area contributed by atoms with Crippen LogP contribution in [0.4, 0.5) is 0 Å². The van der Waals surface area contributed by atoms with Crippen LogP contribution < -0.4 is 5.43 Å². The minimum atomic E-state index is -1.41. The van der Waals surface area contributed by atoms with Crippen LogP contribution in [0.25, 0.3) is 17.0 Å². The fourth-order valence-corrected chi connectivity index (χ4v) is 2.63. The number of carbonyl (C=O) groups is 1. The van der Waals surface area contributed by atoms with Crippen molar-refractivity contribution in [2.45, 2.75) is 18.9 Å². The number of carboxylic acid groups (broad SMARTS) is 1. The highest BCUT2D eigenvalue weighted by Gasteiger charge is 2.38. The summed E-state index contributed by atoms with van der Waals surface area (Å²) in [5.74, 6) is -2.91. The normalized spacial score (nSPS) is 21.0. The Morgan fingerprint density at radius 3 is 2.71 bits per heavy atom. The number of benzene rings is 1. The van der Waals surface area contributed by atoms with E-state index in [9.17, 15) is 24.9 Å². The van der Waals surface area contributed by atoms with Gasteiger partial charge in [0.15, 0.2) is 0 Å². The van der Waals surface area contributed by atoms with E-state index >= 15 is 0 Å². The van der Waals surface area contributed by atoms with Crippen molar-refractivity contribution in [3.05, 3.63) is 45.3 Å². The van der Waals surface area contributed by atoms with Crippen molar-refractivity contribution in [1.82, 2.24) is 0 Å². The highest BCUT2D eigenvalue weighted by molar-refractivity contribution is 5.88. The molecule has 3 N–H and O–H groups in total. The Balaban J connectivity index is 2.46. The zero-order valence-corrected chi connectivity index (χ0v) is 11.0. The first-order valence-electron chi connectivity index (χ1n) is 6.29. The lowest BCUT2D eigenvalue weighted by Gasteiger charge is -2.25. The molecular weight excluding hydrogens is 276 g/mol. The van der Waals surface area contributed by atoms with E-state index in [0.717, 1.165) is 0 Å². The highest BCUT2D eigenvalue weighted by Crippen LogP contribution is 2.35. The molecule has 3 rings (SSSR count). The molecule has 1 aromatic carbocycles. The van der Waals surface area contributed by atoms with Crippen molar-refractivity contribution in [3.63, 3.8) is 0 Å². The van der Waals surface area contributed by atoms with Crippen molar-refractivity contribution in [2.24, 2.45) is 0 Å². The van der Waals surface area contributed by atoms with Gasteiger partial charge in [0, 0.05) is 0 Å². The lowest BCUT2D eigenvalue weighted by Crippen LogP contribution is -2.34. The van der Waals surface area contributed by atoms with Crippen LogP contribution in [0.2, 0.25) is 0 Å². The van der Waals surface area contributed by atoms with E-state index in [1.54, 1.807) is 6.92 Å². The van der Waals surface area contributed by atoms with Gasteiger partial charge in [-0.05, 0) is 30.7 Å². The third-order valence-electron chi connectivity index (χ3n) is 3.68. The van der Waals surface area contributed by atoms with E-state index in [2.05, 4.69) is 0 Å². The van der Waals surface area contributed by atoms with Crippen molar-refractivity contribution >= 4 is 23.0 Å². The van der Waals surface area contributed by atoms with Crippen molar-refractivity contribution in [3.8, 4) is 5.75 Å². The smallest absolute Gasteiger partial charge is 0.314 e. The predicted molar refractivity (Wildman–Crippen MR) is 74.2 cm³/mol. The number of rotatable bonds is 1. The van der Waals surface area contributed by atoms with Gasteiger partial charge in [-0.15, -0.1) is 0 Å². The van der Waals surface area contributed by atoms with Gasteiger partial charge in [-0.25, -0.2) is 0 Å². The first kappa shape index (κ1) is 13.4. The van der Waals surface area contributed by atoms with Crippen LogP contribution in [-0.2, 0) is 4.79 Å². The number of phenolic OH excluding ortho intramolecular Hbond substituents is 1. The van der Waals surface area contributed by atoms with Crippen molar-refractivity contribution < 1.29 is 24.5 Å². The standard InChI is InChI=1S/C15H12O6/c1-6-5-9-11(12(13(6)17)15(19)20)14(18)10-7(16)3-2-4-8(10)21-9/h2-5,12-13,16-17H,1H3,(H,19,20)/t12-,13+/m1/s1. The SMILES string of the molecule is CC1=Cc2oc3cccc(O)c3c(=O)c2[C@@H](C(=O)O)[C@H]1O. The van der Waals surface area contributed by atoms with Gasteiger partial charge in [-0.3, -0.25) is 9.59 Å². The second-order valence-electron chi connectivity index (χ2n) is 5.01. The van der Waals surface area contributed by atoms with E-state index in [1.807, 2.05) is 0 Å². The van der Waals surface area contributed by atoms with Gasteiger partial charge in [-0.2, -0.15) is 0 Å². The maximum Gasteiger partial charge on any atom is 0.314 e. The number of carboxylic acids is 1. The van der Waals surface area contributed by atoms with E-state index < -0.39 is 23.4 Å². The second-order valence-corrected chi connectivity index (χ2v) is 5.01. The zero-order valence-electron chi connectivity index (χ0n) is 11.0. The number of aliphatic hydroxyl groups is 1. The number of hydrogen-bond donors (Lipinski definition) is 3. The van der Waals surface area contributed by atoms with E-state index in [1.165, 1.54) is 24.3 Å². The van der Waals surface area contributed by atoms with Crippen LogP contribution in [0.3, 0.4) is 0 Å². The molecule has 2 aromatic rings. The molecule has 6 heteroatoms. The first-order chi connectivity index (χ1) is 9.91. The molecule has 6 nitrogen and oxygen atoms in total. The molecule has 108 valence electrons. The summed E-state index contributed by atoms with van der Waals surface area (Å²) in [6.45, 7) is 1.57. The van der Waals surface area contributed by atoms with Gasteiger partial charge >= 0.3 is 5.97 Å². The number of aromatic hydroxyl groups is 1. The molecule has 21 heavy (non-hydrogen) atoms. The molecule has 2 atom stereocenters. The summed E-state index contributed by atoms with van der Waals surface area (Å²) in [4.78, 5) is 24.0. The Labute approximate surface area is 118 Å². The number of phenols is 1. The molecule has 0 amide bonds. The Morgan fingerprint density at radius 1 is 1.33 bits per heavy atom. The summed E-state index contributed by atoms with van der Waals surface area (Å²) in [6, 6.07) is 4.36. The minimum absolute atomic E-state index is 0.0809. The molecule has 0 saturated heterocycles. The van der Waals surface area contributed by atoms with E-state index in [-0.39, 0.29) is 28.0 Å². The van der Waals surface area contributed by atoms with Crippen LogP contribution in [0, 0.1) is 0 Å². The topological polar surface area (TPSA) is 108 Å². The monoisotopic (exact) mass is 288 g/mol. The molecule has 1 heterocycles.